The molecule has 0 saturated carbocycles. The van der Waals surface area contributed by atoms with Gasteiger partial charge in [-0.1, -0.05) is 6.92 Å². The maximum Gasteiger partial charge on any atom is 0.266 e. The minimum atomic E-state index is -0.136. The summed E-state index contributed by atoms with van der Waals surface area (Å²) in [6, 6.07) is 1.66. The Morgan fingerprint density at radius 3 is 2.82 bits per heavy atom. The third-order valence-electron chi connectivity index (χ3n) is 1.82. The van der Waals surface area contributed by atoms with Crippen molar-refractivity contribution in [1.82, 2.24) is 9.78 Å². The maximum atomic E-state index is 10.8. The van der Waals surface area contributed by atoms with Crippen molar-refractivity contribution < 1.29 is 0 Å². The van der Waals surface area contributed by atoms with E-state index in [4.69, 9.17) is 5.73 Å². The zero-order valence-corrected chi connectivity index (χ0v) is 6.79. The average Bonchev–Trinajstić information content (AvgIpc) is 2.28. The highest BCUT2D eigenvalue weighted by molar-refractivity contribution is 5.26. The zero-order chi connectivity index (χ0) is 8.43. The molecule has 0 bridgehead atoms. The van der Waals surface area contributed by atoms with Crippen LogP contribution in [0.5, 0.6) is 0 Å². The number of anilines is 1. The number of rotatable bonds is 2. The van der Waals surface area contributed by atoms with Crippen LogP contribution < -0.4 is 11.3 Å². The van der Waals surface area contributed by atoms with Gasteiger partial charge in [-0.15, -0.1) is 0 Å². The van der Waals surface area contributed by atoms with E-state index < -0.39 is 0 Å². The van der Waals surface area contributed by atoms with Gasteiger partial charge in [-0.25, -0.2) is 0 Å². The lowest BCUT2D eigenvalue weighted by atomic mass is 10.3. The molecule has 0 unspecified atom stereocenters. The van der Waals surface area contributed by atoms with Crippen LogP contribution >= 0.6 is 0 Å². The third-order valence-corrected chi connectivity index (χ3v) is 1.82. The summed E-state index contributed by atoms with van der Waals surface area (Å²) in [5.74, 6) is 0.504. The predicted octanol–water partition coefficient (Wildman–Crippen LogP) is 0.730. The van der Waals surface area contributed by atoms with Gasteiger partial charge in [0.25, 0.3) is 5.56 Å². The molecule has 0 aliphatic heterocycles. The number of nitrogen functional groups attached to an aromatic ring is 1. The molecule has 0 spiro atoms. The Bertz CT molecular complexity index is 286. The standard InChI is InChI=1S/C7H13N3O/c1-3-5(2)10-6(8)4-7(11)9-10/h4-5H,3,8H2,1-2H3,(H,9,11)/t5-/m0/s1. The first-order valence-corrected chi connectivity index (χ1v) is 3.72. The summed E-state index contributed by atoms with van der Waals surface area (Å²) in [4.78, 5) is 10.8. The molecule has 0 aromatic carbocycles. The van der Waals surface area contributed by atoms with E-state index in [1.165, 1.54) is 6.07 Å². The zero-order valence-electron chi connectivity index (χ0n) is 6.79. The van der Waals surface area contributed by atoms with Gasteiger partial charge in [0.2, 0.25) is 0 Å². The fraction of sp³-hybridized carbons (Fsp3) is 0.571. The Morgan fingerprint density at radius 1 is 1.82 bits per heavy atom. The second-order valence-electron chi connectivity index (χ2n) is 2.67. The van der Waals surface area contributed by atoms with Crippen molar-refractivity contribution in [2.45, 2.75) is 26.3 Å². The van der Waals surface area contributed by atoms with Crippen molar-refractivity contribution in [3.8, 4) is 0 Å². The molecule has 4 heteroatoms. The SMILES string of the molecule is CC[C@H](C)n1[nH]c(=O)cc1N. The molecule has 0 fully saturated rings. The lowest BCUT2D eigenvalue weighted by Gasteiger charge is -2.11. The Morgan fingerprint density at radius 2 is 2.45 bits per heavy atom. The van der Waals surface area contributed by atoms with Crippen LogP contribution in [0.15, 0.2) is 10.9 Å². The van der Waals surface area contributed by atoms with Crippen LogP contribution in [0.3, 0.4) is 0 Å². The van der Waals surface area contributed by atoms with E-state index in [0.29, 0.717) is 5.82 Å². The normalized spacial score (nSPS) is 13.3. The summed E-state index contributed by atoms with van der Waals surface area (Å²) in [7, 11) is 0. The molecule has 1 rings (SSSR count). The highest BCUT2D eigenvalue weighted by Gasteiger charge is 2.05. The van der Waals surface area contributed by atoms with Gasteiger partial charge >= 0.3 is 0 Å². The molecule has 1 atom stereocenters. The van der Waals surface area contributed by atoms with E-state index in [1.54, 1.807) is 4.68 Å². The number of nitrogens with two attached hydrogens (primary N) is 1. The first-order valence-electron chi connectivity index (χ1n) is 3.72. The molecule has 1 heterocycles. The Kier molecular flexibility index (Phi) is 2.03. The highest BCUT2D eigenvalue weighted by Crippen LogP contribution is 2.10. The Labute approximate surface area is 65.0 Å². The van der Waals surface area contributed by atoms with Crippen molar-refractivity contribution >= 4 is 5.82 Å². The predicted molar refractivity (Wildman–Crippen MR) is 44.5 cm³/mol. The molecule has 0 aliphatic rings. The largest absolute Gasteiger partial charge is 0.384 e. The van der Waals surface area contributed by atoms with E-state index in [2.05, 4.69) is 5.10 Å². The van der Waals surface area contributed by atoms with Crippen molar-refractivity contribution in [3.63, 3.8) is 0 Å². The summed E-state index contributed by atoms with van der Waals surface area (Å²) in [6.07, 6.45) is 0.953. The summed E-state index contributed by atoms with van der Waals surface area (Å²) >= 11 is 0. The molecule has 3 N–H and O–H groups in total. The quantitative estimate of drug-likeness (QED) is 0.661. The number of nitrogens with zero attached hydrogens (tertiary/aromatic N) is 1. The van der Waals surface area contributed by atoms with Gasteiger partial charge in [0.1, 0.15) is 5.82 Å². The van der Waals surface area contributed by atoms with Gasteiger partial charge in [-0.05, 0) is 13.3 Å². The average molecular weight is 155 g/mol. The molecule has 0 aliphatic carbocycles. The lowest BCUT2D eigenvalue weighted by Crippen LogP contribution is -2.11. The molecule has 0 amide bonds. The fourth-order valence-corrected chi connectivity index (χ4v) is 0.967. The summed E-state index contributed by atoms with van der Waals surface area (Å²) in [5, 5.41) is 2.63. The van der Waals surface area contributed by atoms with Crippen LogP contribution in [-0.2, 0) is 0 Å². The number of aromatic nitrogens is 2. The highest BCUT2D eigenvalue weighted by atomic mass is 16.1. The topological polar surface area (TPSA) is 63.8 Å². The van der Waals surface area contributed by atoms with Gasteiger partial charge < -0.3 is 5.73 Å². The van der Waals surface area contributed by atoms with Gasteiger partial charge in [-0.3, -0.25) is 14.6 Å². The minimum Gasteiger partial charge on any atom is -0.384 e. The summed E-state index contributed by atoms with van der Waals surface area (Å²) in [6.45, 7) is 4.05. The number of hydrogen-bond donors (Lipinski definition) is 2. The van der Waals surface area contributed by atoms with Crippen LogP contribution in [0, 0.1) is 0 Å². The van der Waals surface area contributed by atoms with Gasteiger partial charge in [0.05, 0.1) is 0 Å². The van der Waals surface area contributed by atoms with Gasteiger partial charge in [0.15, 0.2) is 0 Å². The van der Waals surface area contributed by atoms with E-state index in [9.17, 15) is 4.79 Å². The number of aromatic amines is 1. The lowest BCUT2D eigenvalue weighted by molar-refractivity contribution is 0.482. The maximum absolute atomic E-state index is 10.8. The van der Waals surface area contributed by atoms with Crippen molar-refractivity contribution in [2.75, 3.05) is 5.73 Å². The van der Waals surface area contributed by atoms with Gasteiger partial charge in [0, 0.05) is 12.1 Å². The molecule has 62 valence electrons. The molecular weight excluding hydrogens is 142 g/mol. The molecule has 4 nitrogen and oxygen atoms in total. The van der Waals surface area contributed by atoms with Crippen molar-refractivity contribution in [2.24, 2.45) is 0 Å². The number of hydrogen-bond acceptors (Lipinski definition) is 2. The molecule has 0 radical (unpaired) electrons. The van der Waals surface area contributed by atoms with E-state index in [0.717, 1.165) is 6.42 Å². The van der Waals surface area contributed by atoms with Crippen LogP contribution in [0.1, 0.15) is 26.3 Å². The third kappa shape index (κ3) is 1.45. The van der Waals surface area contributed by atoms with E-state index in [1.807, 2.05) is 13.8 Å². The fourth-order valence-electron chi connectivity index (χ4n) is 0.967. The molecule has 11 heavy (non-hydrogen) atoms. The smallest absolute Gasteiger partial charge is 0.266 e. The number of H-pyrrole nitrogens is 1. The summed E-state index contributed by atoms with van der Waals surface area (Å²) in [5.41, 5.74) is 5.41. The Hall–Kier alpha value is -1.19. The van der Waals surface area contributed by atoms with Crippen LogP contribution in [-0.4, -0.2) is 9.78 Å². The van der Waals surface area contributed by atoms with Crippen LogP contribution in [0.25, 0.3) is 0 Å². The monoisotopic (exact) mass is 155 g/mol. The van der Waals surface area contributed by atoms with Crippen LogP contribution in [0.2, 0.25) is 0 Å². The van der Waals surface area contributed by atoms with Crippen molar-refractivity contribution in [3.05, 3.63) is 16.4 Å². The second-order valence-corrected chi connectivity index (χ2v) is 2.67. The second kappa shape index (κ2) is 2.82. The minimum absolute atomic E-state index is 0.136. The van der Waals surface area contributed by atoms with E-state index >= 15 is 0 Å². The molecule has 1 aromatic heterocycles. The number of nitrogens with one attached hydrogen (secondary N) is 1. The Balaban J connectivity index is 3.02. The summed E-state index contributed by atoms with van der Waals surface area (Å²) < 4.78 is 1.68. The molecule has 1 aromatic rings. The van der Waals surface area contributed by atoms with E-state index in [-0.39, 0.29) is 11.6 Å². The molecule has 0 saturated heterocycles. The van der Waals surface area contributed by atoms with Crippen molar-refractivity contribution in [1.29, 1.82) is 0 Å². The van der Waals surface area contributed by atoms with Gasteiger partial charge in [-0.2, -0.15) is 0 Å². The first-order chi connectivity index (χ1) is 5.15. The first kappa shape index (κ1) is 7.91. The van der Waals surface area contributed by atoms with Crippen LogP contribution in [0.4, 0.5) is 5.82 Å². The molecular formula is C7H13N3O.